The van der Waals surface area contributed by atoms with Crippen LogP contribution in [0.3, 0.4) is 0 Å². The summed E-state index contributed by atoms with van der Waals surface area (Å²) in [7, 11) is 1.45. The summed E-state index contributed by atoms with van der Waals surface area (Å²) in [6.07, 6.45) is 3.71. The average molecular weight is 267 g/mol. The van der Waals surface area contributed by atoms with Gasteiger partial charge in [-0.2, -0.15) is 0 Å². The molecule has 0 saturated carbocycles. The van der Waals surface area contributed by atoms with Crippen LogP contribution in [0.1, 0.15) is 25.7 Å². The molecule has 0 aliphatic carbocycles. The number of ether oxygens (including phenoxy) is 1. The summed E-state index contributed by atoms with van der Waals surface area (Å²) in [6, 6.07) is 0.249. The third-order valence-corrected chi connectivity index (χ3v) is 4.21. The van der Waals surface area contributed by atoms with Gasteiger partial charge in [0.15, 0.2) is 0 Å². The zero-order valence-corrected chi connectivity index (χ0v) is 11.3. The molecule has 106 valence electrons. The van der Waals surface area contributed by atoms with Crippen LogP contribution in [0.2, 0.25) is 0 Å². The minimum atomic E-state index is -0.568. The van der Waals surface area contributed by atoms with Gasteiger partial charge in [-0.15, -0.1) is 0 Å². The van der Waals surface area contributed by atoms with E-state index >= 15 is 0 Å². The second-order valence-corrected chi connectivity index (χ2v) is 5.14. The molecule has 2 aliphatic rings. The van der Waals surface area contributed by atoms with Crippen LogP contribution in [-0.2, 0) is 9.53 Å². The number of fused-ring (bicyclic) bond motifs is 1. The average Bonchev–Trinajstić information content (AvgIpc) is 3.01. The Balaban J connectivity index is 1.99. The first-order valence-corrected chi connectivity index (χ1v) is 6.83. The number of rotatable bonds is 6. The van der Waals surface area contributed by atoms with Gasteiger partial charge < -0.3 is 10.1 Å². The van der Waals surface area contributed by atoms with Crippen LogP contribution in [0, 0.1) is 0 Å². The third kappa shape index (κ3) is 2.68. The predicted molar refractivity (Wildman–Crippen MR) is 70.6 cm³/mol. The van der Waals surface area contributed by atoms with Crippen LogP contribution in [0.15, 0.2) is 5.11 Å². The van der Waals surface area contributed by atoms with Crippen LogP contribution in [-0.4, -0.2) is 55.7 Å². The topological polar surface area (TPSA) is 90.3 Å². The smallest absolute Gasteiger partial charge is 0.327 e. The van der Waals surface area contributed by atoms with Crippen molar-refractivity contribution in [2.45, 2.75) is 37.3 Å². The van der Waals surface area contributed by atoms with E-state index in [1.807, 2.05) is 0 Å². The van der Waals surface area contributed by atoms with E-state index in [-0.39, 0.29) is 12.0 Å². The van der Waals surface area contributed by atoms with Crippen molar-refractivity contribution in [1.82, 2.24) is 10.2 Å². The van der Waals surface area contributed by atoms with Crippen molar-refractivity contribution in [3.05, 3.63) is 10.4 Å². The molecule has 0 aromatic heterocycles. The van der Waals surface area contributed by atoms with Gasteiger partial charge in [-0.3, -0.25) is 4.90 Å². The Kier molecular flexibility index (Phi) is 4.63. The highest BCUT2D eigenvalue weighted by Gasteiger charge is 2.54. The molecule has 0 aromatic rings. The molecule has 19 heavy (non-hydrogen) atoms. The Labute approximate surface area is 112 Å². The molecule has 2 rings (SSSR count). The molecule has 0 radical (unpaired) electrons. The molecular weight excluding hydrogens is 246 g/mol. The van der Waals surface area contributed by atoms with E-state index in [9.17, 15) is 4.79 Å². The third-order valence-electron chi connectivity index (χ3n) is 4.21. The maximum Gasteiger partial charge on any atom is 0.327 e. The lowest BCUT2D eigenvalue weighted by Gasteiger charge is -2.33. The lowest BCUT2D eigenvalue weighted by Crippen LogP contribution is -2.59. The van der Waals surface area contributed by atoms with Crippen molar-refractivity contribution < 1.29 is 9.53 Å². The van der Waals surface area contributed by atoms with Crippen molar-refractivity contribution in [1.29, 1.82) is 0 Å². The lowest BCUT2D eigenvalue weighted by atomic mass is 9.88. The Morgan fingerprint density at radius 1 is 1.63 bits per heavy atom. The summed E-state index contributed by atoms with van der Waals surface area (Å²) >= 11 is 0. The van der Waals surface area contributed by atoms with Crippen LogP contribution in [0.25, 0.3) is 10.4 Å². The second kappa shape index (κ2) is 6.23. The van der Waals surface area contributed by atoms with Crippen LogP contribution >= 0.6 is 0 Å². The van der Waals surface area contributed by atoms with E-state index in [0.717, 1.165) is 38.8 Å². The number of nitrogens with zero attached hydrogens (tertiary/aromatic N) is 4. The van der Waals surface area contributed by atoms with E-state index in [1.54, 1.807) is 0 Å². The Morgan fingerprint density at radius 3 is 3.21 bits per heavy atom. The van der Waals surface area contributed by atoms with Gasteiger partial charge in [-0.05, 0) is 44.3 Å². The molecular formula is C12H21N5O2. The molecule has 0 bridgehead atoms. The molecule has 7 nitrogen and oxygen atoms in total. The fourth-order valence-electron chi connectivity index (χ4n) is 3.34. The van der Waals surface area contributed by atoms with Crippen LogP contribution in [0.4, 0.5) is 0 Å². The van der Waals surface area contributed by atoms with Gasteiger partial charge >= 0.3 is 5.97 Å². The minimum absolute atomic E-state index is 0.161. The van der Waals surface area contributed by atoms with Gasteiger partial charge in [0.05, 0.1) is 7.11 Å². The number of hydrogen-bond donors (Lipinski definition) is 1. The van der Waals surface area contributed by atoms with E-state index in [2.05, 4.69) is 20.2 Å². The van der Waals surface area contributed by atoms with E-state index in [4.69, 9.17) is 10.3 Å². The van der Waals surface area contributed by atoms with E-state index in [1.165, 1.54) is 7.11 Å². The molecule has 0 amide bonds. The van der Waals surface area contributed by atoms with E-state index in [0.29, 0.717) is 13.1 Å². The first kappa shape index (κ1) is 14.1. The lowest BCUT2D eigenvalue weighted by molar-refractivity contribution is -0.149. The molecule has 1 N–H and O–H groups in total. The number of hydrogen-bond acceptors (Lipinski definition) is 5. The van der Waals surface area contributed by atoms with Gasteiger partial charge in [0.25, 0.3) is 0 Å². The Hall–Kier alpha value is -1.30. The van der Waals surface area contributed by atoms with Crippen molar-refractivity contribution >= 4 is 5.97 Å². The fraction of sp³-hybridized carbons (Fsp3) is 0.917. The highest BCUT2D eigenvalue weighted by atomic mass is 16.5. The number of esters is 1. The van der Waals surface area contributed by atoms with Crippen LogP contribution in [0.5, 0.6) is 0 Å². The molecule has 2 aliphatic heterocycles. The SMILES string of the molecule is COC(=O)C1(NCCCN=[N+]=[N-])CCN2CCCC21. The Bertz CT molecular complexity index is 382. The molecule has 2 heterocycles. The highest BCUT2D eigenvalue weighted by molar-refractivity contribution is 5.82. The minimum Gasteiger partial charge on any atom is -0.468 e. The van der Waals surface area contributed by atoms with Crippen molar-refractivity contribution in [2.24, 2.45) is 5.11 Å². The molecule has 7 heteroatoms. The monoisotopic (exact) mass is 267 g/mol. The van der Waals surface area contributed by atoms with Crippen molar-refractivity contribution in [3.63, 3.8) is 0 Å². The summed E-state index contributed by atoms with van der Waals surface area (Å²) in [6.45, 7) is 3.14. The quantitative estimate of drug-likeness (QED) is 0.256. The van der Waals surface area contributed by atoms with E-state index < -0.39 is 5.54 Å². The Morgan fingerprint density at radius 2 is 2.47 bits per heavy atom. The van der Waals surface area contributed by atoms with Crippen molar-refractivity contribution in [3.8, 4) is 0 Å². The fourth-order valence-corrected chi connectivity index (χ4v) is 3.34. The number of nitrogens with one attached hydrogen (secondary N) is 1. The summed E-state index contributed by atoms with van der Waals surface area (Å²) in [4.78, 5) is 17.3. The first-order valence-electron chi connectivity index (χ1n) is 6.83. The molecule has 2 unspecified atom stereocenters. The summed E-state index contributed by atoms with van der Waals surface area (Å²) in [5.74, 6) is -0.161. The molecule has 0 aromatic carbocycles. The molecule has 2 atom stereocenters. The molecule has 0 spiro atoms. The number of carbonyl (C=O) groups excluding carboxylic acids is 1. The van der Waals surface area contributed by atoms with Gasteiger partial charge in [-0.25, -0.2) is 4.79 Å². The van der Waals surface area contributed by atoms with Crippen molar-refractivity contribution in [2.75, 3.05) is 33.3 Å². The van der Waals surface area contributed by atoms with Crippen LogP contribution < -0.4 is 5.32 Å². The zero-order valence-electron chi connectivity index (χ0n) is 11.3. The zero-order chi connectivity index (χ0) is 13.7. The molecule has 2 saturated heterocycles. The summed E-state index contributed by atoms with van der Waals surface area (Å²) < 4.78 is 5.01. The summed E-state index contributed by atoms with van der Waals surface area (Å²) in [5.41, 5.74) is 7.67. The second-order valence-electron chi connectivity index (χ2n) is 5.14. The van der Waals surface area contributed by atoms with Gasteiger partial charge in [0, 0.05) is 24.0 Å². The van der Waals surface area contributed by atoms with Gasteiger partial charge in [-0.1, -0.05) is 5.11 Å². The molecule has 2 fully saturated rings. The number of methoxy groups -OCH3 is 1. The summed E-state index contributed by atoms with van der Waals surface area (Å²) in [5, 5.41) is 6.88. The number of azide groups is 1. The largest absolute Gasteiger partial charge is 0.468 e. The maximum absolute atomic E-state index is 12.2. The maximum atomic E-state index is 12.2. The normalized spacial score (nSPS) is 29.8. The first-order chi connectivity index (χ1) is 9.24. The van der Waals surface area contributed by atoms with Gasteiger partial charge in [0.2, 0.25) is 0 Å². The standard InChI is InChI=1S/C12H21N5O2/c1-19-11(18)12(14-6-3-7-15-16-13)5-9-17-8-2-4-10(12)17/h10,14H,2-9H2,1H3. The highest BCUT2D eigenvalue weighted by Crippen LogP contribution is 2.36. The predicted octanol–water partition coefficient (Wildman–Crippen LogP) is 1.06. The number of carbonyl (C=O) groups is 1. The van der Waals surface area contributed by atoms with Gasteiger partial charge in [0.1, 0.15) is 5.54 Å².